The maximum absolute atomic E-state index is 14.9. The van der Waals surface area contributed by atoms with Crippen LogP contribution < -0.4 is 32.3 Å². The number of ketones is 4. The number of aromatic amines is 1. The van der Waals surface area contributed by atoms with Crippen LogP contribution in [0.25, 0.3) is 0 Å². The fraction of sp³-hybridized carbons (Fsp3) is 0.628. The van der Waals surface area contributed by atoms with Crippen molar-refractivity contribution in [2.45, 2.75) is 233 Å². The predicted octanol–water partition coefficient (Wildman–Crippen LogP) is 10.6. The van der Waals surface area contributed by atoms with Crippen LogP contribution in [0.1, 0.15) is 194 Å². The number of hydrogen-bond acceptors (Lipinski definition) is 18. The molecule has 4 aromatic rings. The molecule has 3 heterocycles. The molecular weight excluding hydrogens is 1360 g/mol. The standard InChI is InChI=1S/C78H117N11O15S/c1-16-50(6)68(64(101-14)44-66(94)89-36-23-28-61(89)69(102-15)51(7)62(91)41-56(72-81-35-37-105-72)38-52-24-18-17-19-25-52)88(13)73(97)60(48(2)3)43-65(93)78(11,12)87-76(100)103-46-53-29-31-57(32-30-53)85-70(95)55(27-22-34-82-74(79)98)40-63(92)67(49(4)5)86-71(96)54(39-59(90)42-58-45-80-47-84-58)26-20-21-33-83-75(99)104-77(8,9)10/h17-19,24-25,29-32,35,37,45,47-51,54-56,60-61,64,67-69H,16,20-23,26-28,33-34,36,38-44,46H2,1-15H3,(H,80,84)(H,83,99)(H,85,95)(H,86,96)(H,87,100)(H3,79,82,98)/t50-,51-,54+,55+,56+,60-,61-,64+,67-,68-,69+/m0/s1. The summed E-state index contributed by atoms with van der Waals surface area (Å²) in [6.07, 6.45) is 5.90. The highest BCUT2D eigenvalue weighted by atomic mass is 32.1. The highest BCUT2D eigenvalue weighted by Crippen LogP contribution is 2.34. The molecule has 27 heteroatoms. The van der Waals surface area contributed by atoms with E-state index in [0.717, 1.165) is 17.0 Å². The van der Waals surface area contributed by atoms with Crippen LogP contribution in [0.2, 0.25) is 0 Å². The Morgan fingerprint density at radius 2 is 1.44 bits per heavy atom. The molecule has 11 atom stereocenters. The first-order valence-corrected chi connectivity index (χ1v) is 37.8. The number of aromatic nitrogens is 3. The maximum atomic E-state index is 14.9. The van der Waals surface area contributed by atoms with Gasteiger partial charge in [-0.1, -0.05) is 104 Å². The monoisotopic (exact) mass is 1480 g/mol. The number of rotatable bonds is 45. The molecule has 2 aromatic carbocycles. The van der Waals surface area contributed by atoms with Gasteiger partial charge >= 0.3 is 18.2 Å². The van der Waals surface area contributed by atoms with Crippen LogP contribution in [0.5, 0.6) is 0 Å². The lowest BCUT2D eigenvalue weighted by atomic mass is 9.83. The fourth-order valence-corrected chi connectivity index (χ4v) is 14.3. The number of likely N-dealkylation sites (N-methyl/N-ethyl adjacent to an activating group) is 1. The number of carbonyl (C=O) groups is 11. The Hall–Kier alpha value is -8.43. The Labute approximate surface area is 624 Å². The zero-order valence-electron chi connectivity index (χ0n) is 64.3. The molecule has 5 rings (SSSR count). The number of anilines is 1. The number of hydrogen-bond donors (Lipinski definition) is 7. The highest BCUT2D eigenvalue weighted by Gasteiger charge is 2.44. The predicted molar refractivity (Wildman–Crippen MR) is 401 cm³/mol. The van der Waals surface area contributed by atoms with E-state index in [9.17, 15) is 52.7 Å². The van der Waals surface area contributed by atoms with Gasteiger partial charge in [-0.2, -0.15) is 0 Å². The molecule has 1 aliphatic heterocycles. The second kappa shape index (κ2) is 42.6. The van der Waals surface area contributed by atoms with E-state index in [4.69, 9.17) is 24.7 Å². The summed E-state index contributed by atoms with van der Waals surface area (Å²) >= 11 is 1.53. The highest BCUT2D eigenvalue weighted by molar-refractivity contribution is 7.09. The van der Waals surface area contributed by atoms with Crippen molar-refractivity contribution in [2.75, 3.05) is 46.2 Å². The number of benzene rings is 2. The van der Waals surface area contributed by atoms with Crippen LogP contribution in [-0.4, -0.2) is 172 Å². The number of amides is 8. The quantitative estimate of drug-likeness (QED) is 0.0202. The number of H-pyrrole nitrogens is 1. The molecule has 0 radical (unpaired) electrons. The van der Waals surface area contributed by atoms with E-state index in [0.29, 0.717) is 55.6 Å². The van der Waals surface area contributed by atoms with E-state index in [1.807, 2.05) is 63.1 Å². The number of imidazole rings is 1. The smallest absolute Gasteiger partial charge is 0.408 e. The third-order valence-electron chi connectivity index (χ3n) is 19.7. The van der Waals surface area contributed by atoms with E-state index in [-0.39, 0.29) is 125 Å². The first-order chi connectivity index (χ1) is 49.7. The van der Waals surface area contributed by atoms with E-state index in [1.54, 1.807) is 84.1 Å². The van der Waals surface area contributed by atoms with Gasteiger partial charge in [0.2, 0.25) is 23.6 Å². The Kier molecular flexibility index (Phi) is 35.4. The summed E-state index contributed by atoms with van der Waals surface area (Å²) in [5, 5.41) is 16.5. The molecule has 1 saturated heterocycles. The fourth-order valence-electron chi connectivity index (χ4n) is 13.5. The second-order valence-corrected chi connectivity index (χ2v) is 31.1. The molecule has 1 fully saturated rings. The van der Waals surface area contributed by atoms with Crippen molar-refractivity contribution in [1.29, 1.82) is 0 Å². The number of urea groups is 1. The third kappa shape index (κ3) is 28.4. The molecule has 1 aliphatic rings. The lowest BCUT2D eigenvalue weighted by molar-refractivity contribution is -0.149. The number of carbonyl (C=O) groups excluding carboxylic acids is 11. The van der Waals surface area contributed by atoms with Crippen LogP contribution in [0.4, 0.5) is 20.1 Å². The van der Waals surface area contributed by atoms with Gasteiger partial charge in [0.05, 0.1) is 53.6 Å². The van der Waals surface area contributed by atoms with E-state index < -0.39 is 107 Å². The van der Waals surface area contributed by atoms with Crippen molar-refractivity contribution < 1.29 is 71.7 Å². The van der Waals surface area contributed by atoms with Crippen molar-refractivity contribution in [1.82, 2.24) is 46.0 Å². The van der Waals surface area contributed by atoms with E-state index in [2.05, 4.69) is 53.7 Å². The number of methoxy groups -OCH3 is 2. The number of thiazole rings is 1. The molecule has 0 aliphatic carbocycles. The van der Waals surface area contributed by atoms with Crippen LogP contribution in [0, 0.1) is 41.4 Å². The number of nitrogens with zero attached hydrogens (tertiary/aromatic N) is 4. The summed E-state index contributed by atoms with van der Waals surface area (Å²) in [4.78, 5) is 166. The number of unbranched alkanes of at least 4 members (excludes halogenated alkanes) is 1. The number of alkyl carbamates (subject to hydrolysis) is 2. The molecule has 8 amide bonds. The van der Waals surface area contributed by atoms with Gasteiger partial charge in [-0.05, 0) is 121 Å². The maximum Gasteiger partial charge on any atom is 0.408 e. The Bertz CT molecular complexity index is 3440. The largest absolute Gasteiger partial charge is 0.445 e. The summed E-state index contributed by atoms with van der Waals surface area (Å²) in [5.41, 5.74) is 5.72. The van der Waals surface area contributed by atoms with Crippen LogP contribution in [0.3, 0.4) is 0 Å². The van der Waals surface area contributed by atoms with Gasteiger partial charge in [-0.25, -0.2) is 24.4 Å². The summed E-state index contributed by atoms with van der Waals surface area (Å²) in [6, 6.07) is 13.7. The van der Waals surface area contributed by atoms with Crippen molar-refractivity contribution in [3.05, 3.63) is 101 Å². The Balaban J connectivity index is 1.18. The summed E-state index contributed by atoms with van der Waals surface area (Å²) in [6.45, 7) is 22.1. The number of nitrogens with one attached hydrogen (secondary N) is 6. The minimum absolute atomic E-state index is 0.0183. The van der Waals surface area contributed by atoms with Gasteiger partial charge in [-0.3, -0.25) is 38.4 Å². The molecule has 0 bridgehead atoms. The zero-order valence-corrected chi connectivity index (χ0v) is 65.2. The van der Waals surface area contributed by atoms with Gasteiger partial charge in [0, 0.05) is 132 Å². The van der Waals surface area contributed by atoms with E-state index >= 15 is 0 Å². The minimum Gasteiger partial charge on any atom is -0.445 e. The number of ether oxygens (including phenoxy) is 4. The average Bonchev–Trinajstić information content (AvgIpc) is 1.80. The molecule has 2 aromatic heterocycles. The first-order valence-electron chi connectivity index (χ1n) is 36.9. The second-order valence-electron chi connectivity index (χ2n) is 30.2. The Morgan fingerprint density at radius 1 is 0.762 bits per heavy atom. The van der Waals surface area contributed by atoms with Gasteiger partial charge in [-0.15, -0.1) is 11.3 Å². The number of nitrogens with two attached hydrogens (primary N) is 1. The zero-order chi connectivity index (χ0) is 77.7. The third-order valence-corrected chi connectivity index (χ3v) is 20.7. The number of Topliss-reactive ketones (excluding diaryl/α,β-unsaturated/α-hetero) is 4. The molecule has 105 heavy (non-hydrogen) atoms. The molecule has 26 nitrogen and oxygen atoms in total. The van der Waals surface area contributed by atoms with Gasteiger partial charge < -0.3 is 66.0 Å². The summed E-state index contributed by atoms with van der Waals surface area (Å²) < 4.78 is 23.2. The molecular formula is C78H117N11O15S. The SMILES string of the molecule is CC[C@H](C)[C@@H]([C@@H](CC(=O)N1CCC[C@H]1[C@H](OC)[C@@H](C)C(=O)C[C@@H](Cc1ccccc1)c1nccs1)OC)N(C)C(=O)[C@@H](CC(=O)C(C)(C)NC(=O)OCc1ccc(NC(=O)[C@H](CCCNC(N)=O)CC(=O)[C@@H](NC(=O)[C@H](CCCCNC(=O)OC(C)(C)C)CC(=O)Cc2cnc[nH]2)C(C)C)cc1)C(C)C. The molecule has 580 valence electrons. The molecule has 0 saturated carbocycles. The molecule has 8 N–H and O–H groups in total. The van der Waals surface area contributed by atoms with Crippen molar-refractivity contribution in [3.8, 4) is 0 Å². The van der Waals surface area contributed by atoms with Gasteiger partial charge in [0.15, 0.2) is 11.6 Å². The van der Waals surface area contributed by atoms with Crippen LogP contribution >= 0.6 is 11.3 Å². The normalized spacial score (nSPS) is 16.1. The number of primary amides is 1. The molecule has 0 spiro atoms. The topological polar surface area (TPSA) is 359 Å². The van der Waals surface area contributed by atoms with Crippen molar-refractivity contribution in [3.63, 3.8) is 0 Å². The van der Waals surface area contributed by atoms with Crippen molar-refractivity contribution >= 4 is 82.0 Å². The lowest BCUT2D eigenvalue weighted by Crippen LogP contribution is -2.55. The first kappa shape index (κ1) is 87.2. The van der Waals surface area contributed by atoms with E-state index in [1.165, 1.54) is 44.8 Å². The average molecular weight is 1480 g/mol. The summed E-state index contributed by atoms with van der Waals surface area (Å²) in [5.74, 6) is -6.64. The lowest BCUT2D eigenvalue weighted by Gasteiger charge is -2.41. The van der Waals surface area contributed by atoms with Gasteiger partial charge in [0.1, 0.15) is 23.8 Å². The van der Waals surface area contributed by atoms with Crippen LogP contribution in [-0.2, 0) is 76.8 Å². The van der Waals surface area contributed by atoms with Gasteiger partial charge in [0.25, 0.3) is 0 Å². The Morgan fingerprint density at radius 3 is 2.04 bits per heavy atom. The van der Waals surface area contributed by atoms with Crippen LogP contribution in [0.15, 0.2) is 78.7 Å². The molecule has 0 unspecified atom stereocenters. The minimum atomic E-state index is -1.49. The van der Waals surface area contributed by atoms with Crippen molar-refractivity contribution in [2.24, 2.45) is 47.2 Å². The number of likely N-dealkylation sites (tertiary alicyclic amines) is 1. The summed E-state index contributed by atoms with van der Waals surface area (Å²) in [7, 11) is 4.80.